The summed E-state index contributed by atoms with van der Waals surface area (Å²) < 4.78 is 13.3. The summed E-state index contributed by atoms with van der Waals surface area (Å²) in [6.07, 6.45) is 4.23. The predicted molar refractivity (Wildman–Crippen MR) is 76.9 cm³/mol. The maximum absolute atomic E-state index is 13.3. The van der Waals surface area contributed by atoms with Crippen molar-refractivity contribution in [1.29, 1.82) is 0 Å². The first-order valence-corrected chi connectivity index (χ1v) is 7.44. The summed E-state index contributed by atoms with van der Waals surface area (Å²) in [5, 5.41) is 11.3. The third-order valence-electron chi connectivity index (χ3n) is 4.33. The minimum atomic E-state index is -0.732. The van der Waals surface area contributed by atoms with Crippen molar-refractivity contribution in [1.82, 2.24) is 0 Å². The quantitative estimate of drug-likeness (QED) is 0.860. The number of halogens is 2. The summed E-state index contributed by atoms with van der Waals surface area (Å²) in [6.45, 7) is 4.40. The third kappa shape index (κ3) is 3.70. The Morgan fingerprint density at radius 2 is 2.21 bits per heavy atom. The number of hydrogen-bond donors (Lipinski definition) is 1. The van der Waals surface area contributed by atoms with Crippen LogP contribution < -0.4 is 0 Å². The second kappa shape index (κ2) is 5.80. The lowest BCUT2D eigenvalue weighted by atomic mass is 9.71. The summed E-state index contributed by atoms with van der Waals surface area (Å²) in [7, 11) is 0. The highest BCUT2D eigenvalue weighted by Crippen LogP contribution is 2.39. The lowest BCUT2D eigenvalue weighted by molar-refractivity contribution is -0.0239. The van der Waals surface area contributed by atoms with Gasteiger partial charge in [0.15, 0.2) is 0 Å². The van der Waals surface area contributed by atoms with Crippen LogP contribution in [0.5, 0.6) is 0 Å². The summed E-state index contributed by atoms with van der Waals surface area (Å²) in [5.74, 6) is 0.833. The van der Waals surface area contributed by atoms with Crippen molar-refractivity contribution >= 4 is 11.6 Å². The van der Waals surface area contributed by atoms with Crippen molar-refractivity contribution in [3.8, 4) is 0 Å². The van der Waals surface area contributed by atoms with Crippen LogP contribution in [0.1, 0.15) is 45.1 Å². The Hall–Kier alpha value is -0.600. The van der Waals surface area contributed by atoms with E-state index in [1.165, 1.54) is 18.6 Å². The second-order valence-electron chi connectivity index (χ2n) is 6.24. The molecule has 19 heavy (non-hydrogen) atoms. The van der Waals surface area contributed by atoms with Gasteiger partial charge < -0.3 is 5.11 Å². The van der Waals surface area contributed by atoms with Gasteiger partial charge in [-0.25, -0.2) is 4.39 Å². The molecule has 0 spiro atoms. The molecule has 2 unspecified atom stereocenters. The average molecular weight is 285 g/mol. The zero-order valence-corrected chi connectivity index (χ0v) is 12.4. The van der Waals surface area contributed by atoms with Crippen molar-refractivity contribution in [2.75, 3.05) is 0 Å². The normalized spacial score (nSPS) is 27.8. The van der Waals surface area contributed by atoms with Gasteiger partial charge in [0.05, 0.1) is 5.60 Å². The van der Waals surface area contributed by atoms with Crippen LogP contribution in [0, 0.1) is 17.7 Å². The monoisotopic (exact) mass is 284 g/mol. The van der Waals surface area contributed by atoms with E-state index in [0.29, 0.717) is 28.8 Å². The lowest BCUT2D eigenvalue weighted by Gasteiger charge is -2.39. The molecule has 0 bridgehead atoms. The molecule has 106 valence electrons. The molecule has 1 nitrogen and oxygen atoms in total. The van der Waals surface area contributed by atoms with Crippen LogP contribution in [0.25, 0.3) is 0 Å². The van der Waals surface area contributed by atoms with Crippen LogP contribution in [0.2, 0.25) is 5.02 Å². The number of aliphatic hydroxyl groups is 1. The molecule has 2 atom stereocenters. The first-order valence-electron chi connectivity index (χ1n) is 7.06. The summed E-state index contributed by atoms with van der Waals surface area (Å²) in [6, 6.07) is 4.37. The lowest BCUT2D eigenvalue weighted by Crippen LogP contribution is -2.38. The van der Waals surface area contributed by atoms with E-state index in [1.807, 2.05) is 0 Å². The minimum absolute atomic E-state index is 0.292. The van der Waals surface area contributed by atoms with E-state index < -0.39 is 5.60 Å². The Morgan fingerprint density at radius 3 is 2.89 bits per heavy atom. The van der Waals surface area contributed by atoms with E-state index in [0.717, 1.165) is 19.3 Å². The molecule has 1 saturated carbocycles. The second-order valence-corrected chi connectivity index (χ2v) is 6.64. The van der Waals surface area contributed by atoms with Crippen LogP contribution >= 0.6 is 11.6 Å². The molecule has 1 aliphatic carbocycles. The van der Waals surface area contributed by atoms with Crippen molar-refractivity contribution in [2.45, 2.75) is 51.6 Å². The van der Waals surface area contributed by atoms with Gasteiger partial charge in [-0.15, -0.1) is 0 Å². The standard InChI is InChI=1S/C16H22ClFO/c1-11(2)12-4-3-7-16(19,9-12)10-13-8-14(18)5-6-15(13)17/h5-6,8,11-12,19H,3-4,7,9-10H2,1-2H3. The van der Waals surface area contributed by atoms with Crippen LogP contribution in [-0.4, -0.2) is 10.7 Å². The van der Waals surface area contributed by atoms with E-state index in [4.69, 9.17) is 11.6 Å². The van der Waals surface area contributed by atoms with Crippen LogP contribution in [0.3, 0.4) is 0 Å². The molecule has 1 aromatic rings. The van der Waals surface area contributed by atoms with Crippen LogP contribution in [0.15, 0.2) is 18.2 Å². The van der Waals surface area contributed by atoms with Gasteiger partial charge in [-0.1, -0.05) is 31.9 Å². The highest BCUT2D eigenvalue weighted by molar-refractivity contribution is 6.31. The van der Waals surface area contributed by atoms with Gasteiger partial charge >= 0.3 is 0 Å². The van der Waals surface area contributed by atoms with Gasteiger partial charge in [-0.2, -0.15) is 0 Å². The zero-order valence-electron chi connectivity index (χ0n) is 11.6. The van der Waals surface area contributed by atoms with E-state index in [1.54, 1.807) is 6.07 Å². The van der Waals surface area contributed by atoms with Crippen molar-refractivity contribution < 1.29 is 9.50 Å². The number of rotatable bonds is 3. The van der Waals surface area contributed by atoms with Crippen molar-refractivity contribution in [3.63, 3.8) is 0 Å². The fourth-order valence-electron chi connectivity index (χ4n) is 3.15. The number of benzene rings is 1. The van der Waals surface area contributed by atoms with Crippen LogP contribution in [0.4, 0.5) is 4.39 Å². The first kappa shape index (κ1) is 14.8. The Labute approximate surface area is 119 Å². The van der Waals surface area contributed by atoms with Crippen molar-refractivity contribution in [3.05, 3.63) is 34.6 Å². The van der Waals surface area contributed by atoms with Crippen LogP contribution in [-0.2, 0) is 6.42 Å². The molecule has 1 aromatic carbocycles. The molecule has 1 N–H and O–H groups in total. The molecule has 0 amide bonds. The van der Waals surface area contributed by atoms with Gasteiger partial charge in [0.25, 0.3) is 0 Å². The van der Waals surface area contributed by atoms with Gasteiger partial charge in [-0.05, 0) is 54.9 Å². The molecular formula is C16H22ClFO. The SMILES string of the molecule is CC(C)C1CCCC(O)(Cc2cc(F)ccc2Cl)C1. The van der Waals surface area contributed by atoms with Gasteiger partial charge in [-0.3, -0.25) is 0 Å². The molecule has 0 aromatic heterocycles. The maximum Gasteiger partial charge on any atom is 0.123 e. The molecule has 0 radical (unpaired) electrons. The summed E-state index contributed by atoms with van der Waals surface area (Å²) in [4.78, 5) is 0. The topological polar surface area (TPSA) is 20.2 Å². The highest BCUT2D eigenvalue weighted by Gasteiger charge is 2.35. The molecular weight excluding hydrogens is 263 g/mol. The predicted octanol–water partition coefficient (Wildman–Crippen LogP) is 4.60. The zero-order chi connectivity index (χ0) is 14.0. The van der Waals surface area contributed by atoms with E-state index in [2.05, 4.69) is 13.8 Å². The number of hydrogen-bond acceptors (Lipinski definition) is 1. The minimum Gasteiger partial charge on any atom is -0.390 e. The largest absolute Gasteiger partial charge is 0.390 e. The Bertz CT molecular complexity index is 446. The smallest absolute Gasteiger partial charge is 0.123 e. The third-order valence-corrected chi connectivity index (χ3v) is 4.70. The first-order chi connectivity index (χ1) is 8.89. The average Bonchev–Trinajstić information content (AvgIpc) is 2.33. The van der Waals surface area contributed by atoms with Crippen molar-refractivity contribution in [2.24, 2.45) is 11.8 Å². The summed E-state index contributed by atoms with van der Waals surface area (Å²) >= 11 is 6.10. The molecule has 2 rings (SSSR count). The molecule has 1 aliphatic rings. The molecule has 0 heterocycles. The highest BCUT2D eigenvalue weighted by atomic mass is 35.5. The Balaban J connectivity index is 2.14. The fraction of sp³-hybridized carbons (Fsp3) is 0.625. The van der Waals surface area contributed by atoms with Gasteiger partial charge in [0, 0.05) is 11.4 Å². The Kier molecular flexibility index (Phi) is 4.52. The van der Waals surface area contributed by atoms with E-state index >= 15 is 0 Å². The molecule has 1 fully saturated rings. The Morgan fingerprint density at radius 1 is 1.47 bits per heavy atom. The molecule has 3 heteroatoms. The van der Waals surface area contributed by atoms with Gasteiger partial charge in [0.2, 0.25) is 0 Å². The molecule has 0 saturated heterocycles. The van der Waals surface area contributed by atoms with E-state index in [9.17, 15) is 9.50 Å². The fourth-order valence-corrected chi connectivity index (χ4v) is 3.33. The van der Waals surface area contributed by atoms with E-state index in [-0.39, 0.29) is 5.82 Å². The summed E-state index contributed by atoms with van der Waals surface area (Å²) in [5.41, 5.74) is -0.0153. The van der Waals surface area contributed by atoms with Gasteiger partial charge in [0.1, 0.15) is 5.82 Å². The maximum atomic E-state index is 13.3. The molecule has 0 aliphatic heterocycles.